The van der Waals surface area contributed by atoms with Gasteiger partial charge >= 0.3 is 6.18 Å². The highest BCUT2D eigenvalue weighted by molar-refractivity contribution is 5.96. The Hall–Kier alpha value is -2.83. The average Bonchev–Trinajstić information content (AvgIpc) is 2.54. The first kappa shape index (κ1) is 15.1. The topological polar surface area (TPSA) is 54.0 Å². The van der Waals surface area contributed by atoms with E-state index >= 15 is 0 Å². The molecule has 23 heavy (non-hydrogen) atoms. The Morgan fingerprint density at radius 2 is 1.74 bits per heavy atom. The van der Waals surface area contributed by atoms with Crippen molar-refractivity contribution in [3.05, 3.63) is 71.6 Å². The summed E-state index contributed by atoms with van der Waals surface area (Å²) in [5.74, 6) is -0.480. The molecule has 0 aliphatic carbocycles. The lowest BCUT2D eigenvalue weighted by Crippen LogP contribution is -2.42. The van der Waals surface area contributed by atoms with Crippen molar-refractivity contribution in [3.63, 3.8) is 0 Å². The van der Waals surface area contributed by atoms with Crippen LogP contribution in [0.5, 0.6) is 0 Å². The fraction of sp³-hybridized carbons (Fsp3) is 0.125. The highest BCUT2D eigenvalue weighted by Crippen LogP contribution is 2.35. The van der Waals surface area contributed by atoms with Crippen LogP contribution in [0.1, 0.15) is 23.0 Å². The number of nitrogens with zero attached hydrogens (tertiary/aromatic N) is 1. The number of carbonyl (C=O) groups is 1. The lowest BCUT2D eigenvalue weighted by Gasteiger charge is -2.28. The molecule has 1 unspecified atom stereocenters. The van der Waals surface area contributed by atoms with Gasteiger partial charge in [-0.05, 0) is 18.2 Å². The molecule has 0 bridgehead atoms. The van der Waals surface area contributed by atoms with Crippen molar-refractivity contribution in [1.82, 2.24) is 15.6 Å². The van der Waals surface area contributed by atoms with Crippen LogP contribution in [0.15, 0.2) is 54.7 Å². The third-order valence-corrected chi connectivity index (χ3v) is 3.38. The van der Waals surface area contributed by atoms with Gasteiger partial charge in [-0.1, -0.05) is 24.3 Å². The zero-order valence-corrected chi connectivity index (χ0v) is 11.8. The number of hydrogen-bond acceptors (Lipinski definition) is 3. The van der Waals surface area contributed by atoms with E-state index in [2.05, 4.69) is 15.6 Å². The molecule has 0 saturated carbocycles. The SMILES string of the molecule is O=C1C=C(c2ccccn2)NC(c2ccccc2C(F)(F)F)N1. The van der Waals surface area contributed by atoms with Crippen LogP contribution >= 0.6 is 0 Å². The fourth-order valence-corrected chi connectivity index (χ4v) is 2.38. The third kappa shape index (κ3) is 3.18. The molecular formula is C16H12F3N3O. The minimum Gasteiger partial charge on any atom is -0.360 e. The van der Waals surface area contributed by atoms with E-state index in [4.69, 9.17) is 0 Å². The van der Waals surface area contributed by atoms with Crippen molar-refractivity contribution >= 4 is 11.6 Å². The molecule has 0 fully saturated rings. The molecule has 0 saturated heterocycles. The Morgan fingerprint density at radius 3 is 2.43 bits per heavy atom. The molecule has 118 valence electrons. The van der Waals surface area contributed by atoms with Gasteiger partial charge in [-0.2, -0.15) is 13.2 Å². The first-order chi connectivity index (χ1) is 10.9. The Balaban J connectivity index is 1.98. The van der Waals surface area contributed by atoms with Gasteiger partial charge in [-0.15, -0.1) is 0 Å². The molecule has 1 aromatic heterocycles. The Morgan fingerprint density at radius 1 is 1.00 bits per heavy atom. The zero-order chi connectivity index (χ0) is 16.4. The van der Waals surface area contributed by atoms with Crippen LogP contribution < -0.4 is 10.6 Å². The predicted molar refractivity (Wildman–Crippen MR) is 77.7 cm³/mol. The van der Waals surface area contributed by atoms with E-state index in [-0.39, 0.29) is 5.56 Å². The summed E-state index contributed by atoms with van der Waals surface area (Å²) in [5, 5.41) is 5.39. The molecule has 3 rings (SSSR count). The van der Waals surface area contributed by atoms with Crippen LogP contribution in [0, 0.1) is 0 Å². The van der Waals surface area contributed by atoms with E-state index in [1.54, 1.807) is 24.4 Å². The summed E-state index contributed by atoms with van der Waals surface area (Å²) in [7, 11) is 0. The number of amides is 1. The minimum absolute atomic E-state index is 0.0464. The standard InChI is InChI=1S/C16H12F3N3O/c17-16(18,19)11-6-2-1-5-10(11)15-21-13(9-14(23)22-15)12-7-3-4-8-20-12/h1-9,15,21H,(H,22,23). The second kappa shape index (κ2) is 5.75. The number of pyridine rings is 1. The van der Waals surface area contributed by atoms with Gasteiger partial charge in [0.1, 0.15) is 6.17 Å². The summed E-state index contributed by atoms with van der Waals surface area (Å²) in [5.41, 5.74) is 0.0168. The summed E-state index contributed by atoms with van der Waals surface area (Å²) in [6.45, 7) is 0. The van der Waals surface area contributed by atoms with E-state index in [1.807, 2.05) is 0 Å². The maximum absolute atomic E-state index is 13.2. The molecule has 1 aromatic carbocycles. The van der Waals surface area contributed by atoms with Gasteiger partial charge in [-0.25, -0.2) is 0 Å². The van der Waals surface area contributed by atoms with E-state index in [0.717, 1.165) is 6.07 Å². The number of carbonyl (C=O) groups excluding carboxylic acids is 1. The van der Waals surface area contributed by atoms with Crippen LogP contribution in [0.25, 0.3) is 5.70 Å². The molecule has 1 atom stereocenters. The fourth-order valence-electron chi connectivity index (χ4n) is 2.38. The largest absolute Gasteiger partial charge is 0.416 e. The maximum atomic E-state index is 13.2. The van der Waals surface area contributed by atoms with Gasteiger partial charge in [0, 0.05) is 17.8 Å². The molecule has 7 heteroatoms. The monoisotopic (exact) mass is 319 g/mol. The van der Waals surface area contributed by atoms with Crippen LogP contribution in [-0.2, 0) is 11.0 Å². The Kier molecular flexibility index (Phi) is 3.77. The molecule has 2 heterocycles. The number of hydrogen-bond donors (Lipinski definition) is 2. The third-order valence-electron chi connectivity index (χ3n) is 3.38. The molecule has 4 nitrogen and oxygen atoms in total. The van der Waals surface area contributed by atoms with Gasteiger partial charge in [0.15, 0.2) is 0 Å². The molecule has 0 spiro atoms. The van der Waals surface area contributed by atoms with Gasteiger partial charge < -0.3 is 10.6 Å². The quantitative estimate of drug-likeness (QED) is 0.895. The number of halogens is 3. The second-order valence-electron chi connectivity index (χ2n) is 4.94. The average molecular weight is 319 g/mol. The summed E-state index contributed by atoms with van der Waals surface area (Å²) < 4.78 is 39.5. The summed E-state index contributed by atoms with van der Waals surface area (Å²) in [4.78, 5) is 16.0. The van der Waals surface area contributed by atoms with E-state index < -0.39 is 23.8 Å². The Bertz CT molecular complexity index is 757. The first-order valence-corrected chi connectivity index (χ1v) is 6.81. The predicted octanol–water partition coefficient (Wildman–Crippen LogP) is 2.86. The van der Waals surface area contributed by atoms with Crippen molar-refractivity contribution in [2.75, 3.05) is 0 Å². The zero-order valence-electron chi connectivity index (χ0n) is 11.8. The highest BCUT2D eigenvalue weighted by Gasteiger charge is 2.36. The first-order valence-electron chi connectivity index (χ1n) is 6.81. The van der Waals surface area contributed by atoms with E-state index in [9.17, 15) is 18.0 Å². The van der Waals surface area contributed by atoms with E-state index in [0.29, 0.717) is 11.4 Å². The summed E-state index contributed by atoms with van der Waals surface area (Å²) >= 11 is 0. The van der Waals surface area contributed by atoms with E-state index in [1.165, 1.54) is 24.3 Å². The number of benzene rings is 1. The maximum Gasteiger partial charge on any atom is 0.416 e. The molecule has 1 aliphatic heterocycles. The molecular weight excluding hydrogens is 307 g/mol. The molecule has 2 aromatic rings. The minimum atomic E-state index is -4.50. The van der Waals surface area contributed by atoms with Crippen LogP contribution in [0.3, 0.4) is 0 Å². The number of aromatic nitrogens is 1. The number of alkyl halides is 3. The smallest absolute Gasteiger partial charge is 0.360 e. The molecule has 1 amide bonds. The molecule has 1 aliphatic rings. The highest BCUT2D eigenvalue weighted by atomic mass is 19.4. The van der Waals surface area contributed by atoms with Gasteiger partial charge in [-0.3, -0.25) is 9.78 Å². The summed E-state index contributed by atoms with van der Waals surface area (Å²) in [6.07, 6.45) is -2.67. The normalized spacial score (nSPS) is 18.0. The second-order valence-corrected chi connectivity index (χ2v) is 4.94. The van der Waals surface area contributed by atoms with Crippen molar-refractivity contribution < 1.29 is 18.0 Å². The van der Waals surface area contributed by atoms with Crippen LogP contribution in [0.2, 0.25) is 0 Å². The van der Waals surface area contributed by atoms with Gasteiger partial charge in [0.2, 0.25) is 5.91 Å². The number of nitrogens with one attached hydrogen (secondary N) is 2. The van der Waals surface area contributed by atoms with Gasteiger partial charge in [0.25, 0.3) is 0 Å². The van der Waals surface area contributed by atoms with Crippen molar-refractivity contribution in [1.29, 1.82) is 0 Å². The number of rotatable bonds is 2. The van der Waals surface area contributed by atoms with Crippen molar-refractivity contribution in [2.24, 2.45) is 0 Å². The van der Waals surface area contributed by atoms with Crippen molar-refractivity contribution in [2.45, 2.75) is 12.3 Å². The van der Waals surface area contributed by atoms with Crippen molar-refractivity contribution in [3.8, 4) is 0 Å². The molecule has 0 radical (unpaired) electrons. The summed E-state index contributed by atoms with van der Waals surface area (Å²) in [6, 6.07) is 10.2. The van der Waals surface area contributed by atoms with Gasteiger partial charge in [0.05, 0.1) is 17.0 Å². The Labute approximate surface area is 130 Å². The lowest BCUT2D eigenvalue weighted by molar-refractivity contribution is -0.138. The lowest BCUT2D eigenvalue weighted by atomic mass is 10.0. The molecule has 2 N–H and O–H groups in total. The van der Waals surface area contributed by atoms with Crippen LogP contribution in [-0.4, -0.2) is 10.9 Å². The van der Waals surface area contributed by atoms with Crippen LogP contribution in [0.4, 0.5) is 13.2 Å².